The fourth-order valence-corrected chi connectivity index (χ4v) is 3.63. The van der Waals surface area contributed by atoms with Crippen LogP contribution >= 0.6 is 0 Å². The molecule has 128 valence electrons. The molecule has 1 aliphatic carbocycles. The molecule has 1 heterocycles. The molecular weight excluding hydrogens is 328 g/mol. The van der Waals surface area contributed by atoms with Crippen LogP contribution in [0.1, 0.15) is 35.4 Å². The van der Waals surface area contributed by atoms with Crippen molar-refractivity contribution in [2.75, 3.05) is 13.6 Å². The second-order valence-electron chi connectivity index (χ2n) is 6.01. The van der Waals surface area contributed by atoms with Crippen LogP contribution < -0.4 is 10.0 Å². The minimum absolute atomic E-state index is 0.00800. The molecule has 0 spiro atoms. The predicted octanol–water partition coefficient (Wildman–Crippen LogP) is 2.04. The minimum atomic E-state index is -3.69. The van der Waals surface area contributed by atoms with Gasteiger partial charge in [0.05, 0.1) is 0 Å². The van der Waals surface area contributed by atoms with E-state index in [0.717, 1.165) is 19.3 Å². The maximum atomic E-state index is 12.3. The molecule has 0 unspecified atom stereocenters. The van der Waals surface area contributed by atoms with Crippen molar-refractivity contribution in [3.8, 4) is 0 Å². The number of carbonyl (C=O) groups is 1. The molecule has 0 atom stereocenters. The average molecular weight is 348 g/mol. The van der Waals surface area contributed by atoms with E-state index in [2.05, 4.69) is 22.2 Å². The fraction of sp³-hybridized carbons (Fsp3) is 0.353. The Hall–Kier alpha value is -2.12. The first-order valence-electron chi connectivity index (χ1n) is 7.84. The van der Waals surface area contributed by atoms with E-state index in [1.807, 2.05) is 18.2 Å². The number of rotatable bonds is 6. The van der Waals surface area contributed by atoms with Crippen molar-refractivity contribution in [1.29, 1.82) is 0 Å². The highest BCUT2D eigenvalue weighted by Gasteiger charge is 2.38. The van der Waals surface area contributed by atoms with Crippen LogP contribution in [0.5, 0.6) is 0 Å². The van der Waals surface area contributed by atoms with E-state index in [1.54, 1.807) is 0 Å². The number of hydrogen-bond donors (Lipinski definition) is 2. The van der Waals surface area contributed by atoms with E-state index in [0.29, 0.717) is 6.54 Å². The van der Waals surface area contributed by atoms with E-state index in [-0.39, 0.29) is 16.3 Å². The highest BCUT2D eigenvalue weighted by atomic mass is 32.2. The van der Waals surface area contributed by atoms with Gasteiger partial charge in [-0.25, -0.2) is 13.1 Å². The van der Waals surface area contributed by atoms with E-state index >= 15 is 0 Å². The third-order valence-electron chi connectivity index (χ3n) is 4.62. The molecule has 2 aromatic rings. The summed E-state index contributed by atoms with van der Waals surface area (Å²) in [6, 6.07) is 12.8. The number of hydrogen-bond acceptors (Lipinski definition) is 4. The maximum absolute atomic E-state index is 12.3. The molecular formula is C17H20N2O4S. The van der Waals surface area contributed by atoms with Crippen molar-refractivity contribution in [1.82, 2.24) is 10.0 Å². The zero-order valence-electron chi connectivity index (χ0n) is 13.4. The normalized spacial score (nSPS) is 16.4. The van der Waals surface area contributed by atoms with E-state index in [1.165, 1.54) is 24.7 Å². The van der Waals surface area contributed by atoms with Gasteiger partial charge in [0.25, 0.3) is 15.9 Å². The molecule has 7 heteroatoms. The van der Waals surface area contributed by atoms with Crippen LogP contribution in [0.2, 0.25) is 0 Å². The van der Waals surface area contributed by atoms with Crippen molar-refractivity contribution in [2.45, 2.75) is 29.8 Å². The molecule has 1 aromatic carbocycles. The number of carbonyl (C=O) groups excluding carboxylic acids is 1. The standard InChI is InChI=1S/C17H20N2O4S/c1-18-24(21,22)15-9-8-14(23-15)16(20)19-12-17(10-5-11-17)13-6-3-2-4-7-13/h2-4,6-9,18H,5,10-12H2,1H3,(H,19,20). The summed E-state index contributed by atoms with van der Waals surface area (Å²) in [4.78, 5) is 12.3. The smallest absolute Gasteiger partial charge is 0.287 e. The molecule has 0 radical (unpaired) electrons. The van der Waals surface area contributed by atoms with Crippen molar-refractivity contribution in [3.05, 3.63) is 53.8 Å². The molecule has 1 fully saturated rings. The van der Waals surface area contributed by atoms with Gasteiger partial charge in [0.2, 0.25) is 5.09 Å². The molecule has 6 nitrogen and oxygen atoms in total. The third-order valence-corrected chi connectivity index (χ3v) is 5.91. The molecule has 0 bridgehead atoms. The molecule has 2 N–H and O–H groups in total. The van der Waals surface area contributed by atoms with E-state index < -0.39 is 15.9 Å². The second-order valence-corrected chi connectivity index (χ2v) is 7.83. The van der Waals surface area contributed by atoms with E-state index in [9.17, 15) is 13.2 Å². The zero-order valence-corrected chi connectivity index (χ0v) is 14.2. The zero-order chi connectivity index (χ0) is 17.2. The van der Waals surface area contributed by atoms with Crippen LogP contribution in [0.15, 0.2) is 52.0 Å². The summed E-state index contributed by atoms with van der Waals surface area (Å²) in [6.45, 7) is 0.505. The molecule has 1 saturated carbocycles. The monoisotopic (exact) mass is 348 g/mol. The second kappa shape index (κ2) is 6.41. The molecule has 1 aromatic heterocycles. The number of sulfonamides is 1. The van der Waals surface area contributed by atoms with Crippen molar-refractivity contribution >= 4 is 15.9 Å². The topological polar surface area (TPSA) is 88.4 Å². The lowest BCUT2D eigenvalue weighted by molar-refractivity contribution is 0.0894. The van der Waals surface area contributed by atoms with Gasteiger partial charge in [-0.2, -0.15) is 0 Å². The summed E-state index contributed by atoms with van der Waals surface area (Å²) in [7, 11) is -2.40. The van der Waals surface area contributed by atoms with Crippen LogP contribution in [0.25, 0.3) is 0 Å². The Morgan fingerprint density at radius 1 is 1.17 bits per heavy atom. The molecule has 3 rings (SSSR count). The Morgan fingerprint density at radius 2 is 1.88 bits per heavy atom. The van der Waals surface area contributed by atoms with Gasteiger partial charge in [-0.3, -0.25) is 4.79 Å². The van der Waals surface area contributed by atoms with Crippen molar-refractivity contribution in [2.24, 2.45) is 0 Å². The van der Waals surface area contributed by atoms with Crippen LogP contribution in [0.3, 0.4) is 0 Å². The summed E-state index contributed by atoms with van der Waals surface area (Å²) in [6.07, 6.45) is 3.18. The minimum Gasteiger partial charge on any atom is -0.438 e. The number of furan rings is 1. The Morgan fingerprint density at radius 3 is 2.46 bits per heavy atom. The highest BCUT2D eigenvalue weighted by molar-refractivity contribution is 7.89. The molecule has 1 amide bonds. The lowest BCUT2D eigenvalue weighted by Crippen LogP contribution is -2.45. The Kier molecular flexibility index (Phi) is 4.47. The largest absolute Gasteiger partial charge is 0.438 e. The quantitative estimate of drug-likeness (QED) is 0.836. The van der Waals surface area contributed by atoms with Gasteiger partial charge in [-0.05, 0) is 37.6 Å². The Bertz CT molecular complexity index is 823. The van der Waals surface area contributed by atoms with Crippen molar-refractivity contribution in [3.63, 3.8) is 0 Å². The van der Waals surface area contributed by atoms with Crippen molar-refractivity contribution < 1.29 is 17.6 Å². The Balaban J connectivity index is 1.70. The predicted molar refractivity (Wildman–Crippen MR) is 89.3 cm³/mol. The average Bonchev–Trinajstić information content (AvgIpc) is 3.05. The lowest BCUT2D eigenvalue weighted by atomic mass is 9.64. The summed E-state index contributed by atoms with van der Waals surface area (Å²) >= 11 is 0. The summed E-state index contributed by atoms with van der Waals surface area (Å²) in [5.74, 6) is -0.416. The fourth-order valence-electron chi connectivity index (χ4n) is 2.99. The highest BCUT2D eigenvalue weighted by Crippen LogP contribution is 2.43. The summed E-state index contributed by atoms with van der Waals surface area (Å²) in [5, 5.41) is 2.61. The molecule has 24 heavy (non-hydrogen) atoms. The first kappa shape index (κ1) is 16.7. The van der Waals surface area contributed by atoms with Crippen LogP contribution in [0.4, 0.5) is 0 Å². The number of benzene rings is 1. The van der Waals surface area contributed by atoms with Gasteiger partial charge < -0.3 is 9.73 Å². The summed E-state index contributed by atoms with van der Waals surface area (Å²) < 4.78 is 30.6. The van der Waals surface area contributed by atoms with Gasteiger partial charge >= 0.3 is 0 Å². The molecule has 0 aliphatic heterocycles. The number of nitrogens with one attached hydrogen (secondary N) is 2. The molecule has 1 aliphatic rings. The lowest BCUT2D eigenvalue weighted by Gasteiger charge is -2.42. The van der Waals surface area contributed by atoms with E-state index in [4.69, 9.17) is 4.42 Å². The first-order chi connectivity index (χ1) is 11.5. The van der Waals surface area contributed by atoms with Gasteiger partial charge in [0.1, 0.15) is 0 Å². The van der Waals surface area contributed by atoms with Gasteiger partial charge in [0.15, 0.2) is 5.76 Å². The maximum Gasteiger partial charge on any atom is 0.287 e. The number of amides is 1. The molecule has 0 saturated heterocycles. The summed E-state index contributed by atoms with van der Waals surface area (Å²) in [5.41, 5.74) is 1.18. The van der Waals surface area contributed by atoms with Crippen LogP contribution in [0, 0.1) is 0 Å². The van der Waals surface area contributed by atoms with Crippen LogP contribution in [-0.4, -0.2) is 27.9 Å². The van der Waals surface area contributed by atoms with Gasteiger partial charge in [0, 0.05) is 12.0 Å². The third kappa shape index (κ3) is 3.09. The first-order valence-corrected chi connectivity index (χ1v) is 9.32. The van der Waals surface area contributed by atoms with Crippen LogP contribution in [-0.2, 0) is 15.4 Å². The van der Waals surface area contributed by atoms with Gasteiger partial charge in [-0.1, -0.05) is 36.8 Å². The SMILES string of the molecule is CNS(=O)(=O)c1ccc(C(=O)NCC2(c3ccccc3)CCC2)o1. The van der Waals surface area contributed by atoms with Gasteiger partial charge in [-0.15, -0.1) is 0 Å². The Labute approximate surface area is 141 Å².